The van der Waals surface area contributed by atoms with Crippen LogP contribution >= 0.6 is 11.8 Å². The molecule has 0 radical (unpaired) electrons. The first-order valence-corrected chi connectivity index (χ1v) is 8.91. The number of rotatable bonds is 3. The van der Waals surface area contributed by atoms with Gasteiger partial charge in [-0.2, -0.15) is 11.8 Å². The third-order valence-electron chi connectivity index (χ3n) is 4.48. The fourth-order valence-corrected chi connectivity index (χ4v) is 4.45. The fourth-order valence-electron chi connectivity index (χ4n) is 3.19. The number of carbonyl (C=O) groups excluding carboxylic acids is 2. The van der Waals surface area contributed by atoms with E-state index in [4.69, 9.17) is 4.74 Å². The van der Waals surface area contributed by atoms with Crippen molar-refractivity contribution in [2.24, 2.45) is 0 Å². The van der Waals surface area contributed by atoms with Crippen LogP contribution in [0.15, 0.2) is 0 Å². The van der Waals surface area contributed by atoms with Gasteiger partial charge >= 0.3 is 6.09 Å². The lowest BCUT2D eigenvalue weighted by atomic mass is 10.2. The minimum Gasteiger partial charge on any atom is -0.448 e. The highest BCUT2D eigenvalue weighted by atomic mass is 32.2. The Morgan fingerprint density at radius 3 is 2.86 bits per heavy atom. The maximum atomic E-state index is 12.3. The van der Waals surface area contributed by atoms with Gasteiger partial charge in [0.1, 0.15) is 13.2 Å². The molecule has 3 heterocycles. The Morgan fingerprint density at radius 2 is 2.14 bits per heavy atom. The lowest BCUT2D eigenvalue weighted by Crippen LogP contribution is -2.43. The molecule has 2 amide bonds. The molecule has 3 rings (SSSR count). The van der Waals surface area contributed by atoms with E-state index in [1.807, 2.05) is 16.7 Å². The minimum absolute atomic E-state index is 0.0523. The Balaban J connectivity index is 1.49. The van der Waals surface area contributed by atoms with Gasteiger partial charge in [0.2, 0.25) is 5.91 Å². The van der Waals surface area contributed by atoms with Crippen LogP contribution in [-0.2, 0) is 9.53 Å². The minimum atomic E-state index is -0.359. The molecule has 21 heavy (non-hydrogen) atoms. The largest absolute Gasteiger partial charge is 0.448 e. The molecule has 0 spiro atoms. The molecule has 0 saturated carbocycles. The van der Waals surface area contributed by atoms with E-state index in [0.29, 0.717) is 19.2 Å². The number of thioether (sulfide) groups is 1. The Labute approximate surface area is 129 Å². The van der Waals surface area contributed by atoms with E-state index < -0.39 is 0 Å². The summed E-state index contributed by atoms with van der Waals surface area (Å²) in [6.45, 7) is 4.73. The first-order valence-electron chi connectivity index (χ1n) is 7.75. The Bertz CT molecular complexity index is 401. The molecule has 3 aliphatic rings. The highest BCUT2D eigenvalue weighted by Crippen LogP contribution is 2.23. The van der Waals surface area contributed by atoms with Gasteiger partial charge in [-0.1, -0.05) is 0 Å². The molecule has 0 aliphatic carbocycles. The van der Waals surface area contributed by atoms with Gasteiger partial charge in [0.15, 0.2) is 0 Å². The Morgan fingerprint density at radius 1 is 1.24 bits per heavy atom. The van der Waals surface area contributed by atoms with E-state index in [0.717, 1.165) is 32.6 Å². The SMILES string of the molecule is O=C(CN1CCOC1=O)N1CCCN(C2CCSC2)CC1. The van der Waals surface area contributed by atoms with E-state index in [1.54, 1.807) is 0 Å². The molecule has 3 saturated heterocycles. The molecule has 0 bridgehead atoms. The zero-order chi connectivity index (χ0) is 14.7. The molecule has 118 valence electrons. The highest BCUT2D eigenvalue weighted by Gasteiger charge is 2.29. The third kappa shape index (κ3) is 3.63. The van der Waals surface area contributed by atoms with Crippen LogP contribution in [0, 0.1) is 0 Å². The van der Waals surface area contributed by atoms with Crippen molar-refractivity contribution in [1.29, 1.82) is 0 Å². The van der Waals surface area contributed by atoms with Gasteiger partial charge in [-0.3, -0.25) is 14.6 Å². The maximum absolute atomic E-state index is 12.3. The fraction of sp³-hybridized carbons (Fsp3) is 0.857. The highest BCUT2D eigenvalue weighted by molar-refractivity contribution is 7.99. The smallest absolute Gasteiger partial charge is 0.410 e. The predicted octanol–water partition coefficient (Wildman–Crippen LogP) is 0.478. The van der Waals surface area contributed by atoms with Crippen molar-refractivity contribution in [3.05, 3.63) is 0 Å². The van der Waals surface area contributed by atoms with E-state index in [2.05, 4.69) is 4.90 Å². The summed E-state index contributed by atoms with van der Waals surface area (Å²) in [5.74, 6) is 2.55. The molecular formula is C14H23N3O3S. The van der Waals surface area contributed by atoms with Gasteiger partial charge < -0.3 is 9.64 Å². The average molecular weight is 313 g/mol. The summed E-state index contributed by atoms with van der Waals surface area (Å²) in [6.07, 6.45) is 1.94. The normalized spacial score (nSPS) is 27.8. The Kier molecular flexibility index (Phi) is 4.90. The second-order valence-corrected chi connectivity index (χ2v) is 6.97. The second kappa shape index (κ2) is 6.87. The van der Waals surface area contributed by atoms with Gasteiger partial charge in [0.05, 0.1) is 6.54 Å². The number of carbonyl (C=O) groups is 2. The zero-order valence-electron chi connectivity index (χ0n) is 12.3. The maximum Gasteiger partial charge on any atom is 0.410 e. The van der Waals surface area contributed by atoms with Crippen LogP contribution in [0.4, 0.5) is 4.79 Å². The summed E-state index contributed by atoms with van der Waals surface area (Å²) >= 11 is 2.03. The molecule has 0 N–H and O–H groups in total. The standard InChI is InChI=1S/C14H23N3O3S/c18-13(10-17-7-8-20-14(17)19)16-4-1-3-15(5-6-16)12-2-9-21-11-12/h12H,1-11H2. The molecule has 0 aromatic heterocycles. The zero-order valence-corrected chi connectivity index (χ0v) is 13.1. The molecule has 3 aliphatic heterocycles. The van der Waals surface area contributed by atoms with Crippen LogP contribution in [0.1, 0.15) is 12.8 Å². The van der Waals surface area contributed by atoms with E-state index >= 15 is 0 Å². The van der Waals surface area contributed by atoms with Crippen LogP contribution in [0.25, 0.3) is 0 Å². The number of ether oxygens (including phenoxy) is 1. The number of hydrogen-bond donors (Lipinski definition) is 0. The summed E-state index contributed by atoms with van der Waals surface area (Å²) in [7, 11) is 0. The third-order valence-corrected chi connectivity index (χ3v) is 5.62. The van der Waals surface area contributed by atoms with Gasteiger partial charge in [-0.05, 0) is 18.6 Å². The lowest BCUT2D eigenvalue weighted by Gasteiger charge is -2.27. The lowest BCUT2D eigenvalue weighted by molar-refractivity contribution is -0.131. The summed E-state index contributed by atoms with van der Waals surface area (Å²) in [6, 6.07) is 0.693. The second-order valence-electron chi connectivity index (χ2n) is 5.82. The van der Waals surface area contributed by atoms with E-state index in [1.165, 1.54) is 22.8 Å². The van der Waals surface area contributed by atoms with Gasteiger partial charge in [0, 0.05) is 38.0 Å². The van der Waals surface area contributed by atoms with Gasteiger partial charge in [-0.25, -0.2) is 4.79 Å². The topological polar surface area (TPSA) is 53.1 Å². The van der Waals surface area contributed by atoms with Crippen LogP contribution in [0.3, 0.4) is 0 Å². The van der Waals surface area contributed by atoms with Crippen LogP contribution in [-0.4, -0.2) is 90.1 Å². The van der Waals surface area contributed by atoms with Crippen molar-refractivity contribution in [2.45, 2.75) is 18.9 Å². The molecule has 3 fully saturated rings. The summed E-state index contributed by atoms with van der Waals surface area (Å²) in [5.41, 5.74) is 0. The quantitative estimate of drug-likeness (QED) is 0.758. The van der Waals surface area contributed by atoms with E-state index in [9.17, 15) is 9.59 Å². The number of cyclic esters (lactones) is 1. The van der Waals surface area contributed by atoms with Crippen molar-refractivity contribution < 1.29 is 14.3 Å². The van der Waals surface area contributed by atoms with Crippen LogP contribution in [0.2, 0.25) is 0 Å². The van der Waals surface area contributed by atoms with Crippen molar-refractivity contribution in [3.63, 3.8) is 0 Å². The summed E-state index contributed by atoms with van der Waals surface area (Å²) in [5, 5.41) is 0. The summed E-state index contributed by atoms with van der Waals surface area (Å²) < 4.78 is 4.87. The number of hydrogen-bond acceptors (Lipinski definition) is 5. The Hall–Kier alpha value is -0.950. The number of amides is 2. The first kappa shape index (κ1) is 15.0. The van der Waals surface area contributed by atoms with Crippen LogP contribution < -0.4 is 0 Å². The molecule has 0 aromatic carbocycles. The first-order chi connectivity index (χ1) is 10.2. The van der Waals surface area contributed by atoms with Crippen molar-refractivity contribution in [1.82, 2.24) is 14.7 Å². The van der Waals surface area contributed by atoms with Crippen molar-refractivity contribution in [2.75, 3.05) is 57.4 Å². The monoisotopic (exact) mass is 313 g/mol. The van der Waals surface area contributed by atoms with Crippen molar-refractivity contribution in [3.8, 4) is 0 Å². The molecule has 1 unspecified atom stereocenters. The molecule has 7 heteroatoms. The number of nitrogens with zero attached hydrogens (tertiary/aromatic N) is 3. The molecule has 1 atom stereocenters. The predicted molar refractivity (Wildman–Crippen MR) is 81.4 cm³/mol. The molecule has 0 aromatic rings. The molecule has 6 nitrogen and oxygen atoms in total. The van der Waals surface area contributed by atoms with Gasteiger partial charge in [0.25, 0.3) is 0 Å². The molecular weight excluding hydrogens is 290 g/mol. The van der Waals surface area contributed by atoms with Crippen molar-refractivity contribution >= 4 is 23.8 Å². The van der Waals surface area contributed by atoms with Gasteiger partial charge in [-0.15, -0.1) is 0 Å². The summed E-state index contributed by atoms with van der Waals surface area (Å²) in [4.78, 5) is 29.7. The van der Waals surface area contributed by atoms with E-state index in [-0.39, 0.29) is 18.5 Å². The average Bonchev–Trinajstić information content (AvgIpc) is 3.07. The van der Waals surface area contributed by atoms with Crippen LogP contribution in [0.5, 0.6) is 0 Å².